The molecule has 0 N–H and O–H groups in total. The van der Waals surface area contributed by atoms with E-state index in [-0.39, 0.29) is 5.41 Å². The van der Waals surface area contributed by atoms with Gasteiger partial charge in [-0.2, -0.15) is 0 Å². The minimum Gasteiger partial charge on any atom is -0.310 e. The molecule has 0 amide bonds. The Morgan fingerprint density at radius 3 is 1.84 bits per heavy atom. The molecule has 0 radical (unpaired) electrons. The van der Waals surface area contributed by atoms with Crippen LogP contribution in [0.1, 0.15) is 22.3 Å². The first kappa shape index (κ1) is 32.1. The Kier molecular flexibility index (Phi) is 7.00. The van der Waals surface area contributed by atoms with Gasteiger partial charge in [0.15, 0.2) is 0 Å². The van der Waals surface area contributed by atoms with Crippen LogP contribution >= 0.6 is 0 Å². The summed E-state index contributed by atoms with van der Waals surface area (Å²) in [5.74, 6) is 0. The van der Waals surface area contributed by atoms with Crippen LogP contribution in [-0.2, 0) is 18.3 Å². The third kappa shape index (κ3) is 4.90. The molecule has 2 heteroatoms. The number of fused-ring (bicyclic) bond motifs is 10. The van der Waals surface area contributed by atoms with Gasteiger partial charge in [0.25, 0.3) is 0 Å². The largest absolute Gasteiger partial charge is 0.310 e. The van der Waals surface area contributed by atoms with Crippen LogP contribution in [0.25, 0.3) is 60.5 Å². The lowest BCUT2D eigenvalue weighted by molar-refractivity contribution is 0.563. The van der Waals surface area contributed by atoms with Crippen LogP contribution in [-0.4, -0.2) is 4.57 Å². The first-order valence-electron chi connectivity index (χ1n) is 20.0. The van der Waals surface area contributed by atoms with E-state index in [1.54, 1.807) is 0 Å². The maximum atomic E-state index is 2.50. The lowest BCUT2D eigenvalue weighted by Crippen LogP contribution is -2.26. The zero-order valence-electron chi connectivity index (χ0n) is 31.4. The number of benzene rings is 9. The molecular weight excluding hydrogens is 689 g/mol. The standard InChI is InChI=1S/C55H38N2/c1-2-16-43(17-3-1)57-53-21-11-9-19-49(53)50-30-25-40(33-54(50)57)38-22-26-44(27-23-38)56(45-28-24-37-12-4-5-13-39(37)32-45)46-29-31-48-47-18-8-10-20-51(47)55(52(48)34-46)35-41-14-6-7-15-42(41)36-55/h1-34H,35-36H2. The number of para-hydroxylation sites is 2. The quantitative estimate of drug-likeness (QED) is 0.171. The van der Waals surface area contributed by atoms with Crippen LogP contribution < -0.4 is 4.90 Å². The SMILES string of the molecule is c1ccc(-n2c3ccccc3c3ccc(-c4ccc(N(c5ccc6c(c5)C5(Cc7ccccc7C5)c5ccccc5-6)c5ccc6ccccc6c5)cc4)cc32)cc1. The van der Waals surface area contributed by atoms with Crippen molar-refractivity contribution < 1.29 is 0 Å². The molecule has 0 atom stereocenters. The molecule has 0 saturated heterocycles. The highest BCUT2D eigenvalue weighted by Gasteiger charge is 2.47. The number of anilines is 3. The molecule has 0 bridgehead atoms. The molecule has 0 saturated carbocycles. The number of rotatable bonds is 5. The van der Waals surface area contributed by atoms with Crippen LogP contribution in [0.5, 0.6) is 0 Å². The van der Waals surface area contributed by atoms with Crippen LogP contribution in [0.2, 0.25) is 0 Å². The number of hydrogen-bond acceptors (Lipinski definition) is 1. The summed E-state index contributed by atoms with van der Waals surface area (Å²) in [5.41, 5.74) is 17.9. The molecule has 0 aliphatic heterocycles. The first-order valence-corrected chi connectivity index (χ1v) is 20.0. The summed E-state index contributed by atoms with van der Waals surface area (Å²) in [6.45, 7) is 0. The van der Waals surface area contributed by atoms with Gasteiger partial charge in [-0.1, -0.05) is 146 Å². The van der Waals surface area contributed by atoms with E-state index in [1.807, 2.05) is 0 Å². The summed E-state index contributed by atoms with van der Waals surface area (Å²) in [4.78, 5) is 2.45. The van der Waals surface area contributed by atoms with Crippen molar-refractivity contribution in [3.05, 3.63) is 229 Å². The molecule has 0 fully saturated rings. The average molecular weight is 727 g/mol. The summed E-state index contributed by atoms with van der Waals surface area (Å²) in [6.07, 6.45) is 2.05. The normalized spacial score (nSPS) is 13.6. The highest BCUT2D eigenvalue weighted by atomic mass is 15.1. The van der Waals surface area contributed by atoms with E-state index in [9.17, 15) is 0 Å². The summed E-state index contributed by atoms with van der Waals surface area (Å²) in [6, 6.07) is 76.4. The van der Waals surface area contributed by atoms with Gasteiger partial charge in [-0.15, -0.1) is 0 Å². The van der Waals surface area contributed by atoms with Crippen LogP contribution in [0, 0.1) is 0 Å². The smallest absolute Gasteiger partial charge is 0.0547 e. The van der Waals surface area contributed by atoms with Gasteiger partial charge in [0.05, 0.1) is 11.0 Å². The Morgan fingerprint density at radius 2 is 1.00 bits per heavy atom. The van der Waals surface area contributed by atoms with Crippen LogP contribution in [0.3, 0.4) is 0 Å². The Hall–Kier alpha value is -7.16. The van der Waals surface area contributed by atoms with Gasteiger partial charge in [0.1, 0.15) is 0 Å². The van der Waals surface area contributed by atoms with Gasteiger partial charge >= 0.3 is 0 Å². The summed E-state index contributed by atoms with van der Waals surface area (Å²) in [5, 5.41) is 5.01. The number of nitrogens with zero attached hydrogens (tertiary/aromatic N) is 2. The molecule has 0 unspecified atom stereocenters. The van der Waals surface area contributed by atoms with Crippen molar-refractivity contribution >= 4 is 49.6 Å². The second-order valence-electron chi connectivity index (χ2n) is 15.8. The van der Waals surface area contributed by atoms with Gasteiger partial charge in [-0.05, 0) is 129 Å². The van der Waals surface area contributed by atoms with E-state index in [0.717, 1.165) is 24.2 Å². The fourth-order valence-corrected chi connectivity index (χ4v) is 10.1. The topological polar surface area (TPSA) is 8.17 Å². The van der Waals surface area contributed by atoms with Crippen molar-refractivity contribution in [2.75, 3.05) is 4.90 Å². The Labute approximate surface area is 332 Å². The van der Waals surface area contributed by atoms with Gasteiger partial charge in [0.2, 0.25) is 0 Å². The minimum absolute atomic E-state index is 0.0780. The molecule has 268 valence electrons. The third-order valence-electron chi connectivity index (χ3n) is 12.8. The van der Waals surface area contributed by atoms with Crippen molar-refractivity contribution in [2.24, 2.45) is 0 Å². The van der Waals surface area contributed by atoms with Gasteiger partial charge < -0.3 is 9.47 Å². The average Bonchev–Trinajstić information content (AvgIpc) is 3.92. The molecule has 1 aromatic heterocycles. The Balaban J connectivity index is 0.998. The predicted octanol–water partition coefficient (Wildman–Crippen LogP) is 14.1. The maximum absolute atomic E-state index is 2.50. The number of hydrogen-bond donors (Lipinski definition) is 0. The van der Waals surface area contributed by atoms with Gasteiger partial charge in [0, 0.05) is 38.9 Å². The van der Waals surface area contributed by atoms with Crippen molar-refractivity contribution in [1.29, 1.82) is 0 Å². The highest BCUT2D eigenvalue weighted by Crippen LogP contribution is 2.56. The molecule has 10 aromatic rings. The molecule has 57 heavy (non-hydrogen) atoms. The summed E-state index contributed by atoms with van der Waals surface area (Å²) < 4.78 is 2.39. The zero-order chi connectivity index (χ0) is 37.5. The molecule has 9 aromatic carbocycles. The molecule has 2 aliphatic carbocycles. The van der Waals surface area contributed by atoms with E-state index in [2.05, 4.69) is 216 Å². The lowest BCUT2D eigenvalue weighted by atomic mass is 9.75. The lowest BCUT2D eigenvalue weighted by Gasteiger charge is -2.30. The van der Waals surface area contributed by atoms with Crippen molar-refractivity contribution in [2.45, 2.75) is 18.3 Å². The fourth-order valence-electron chi connectivity index (χ4n) is 10.1. The fraction of sp³-hybridized carbons (Fsp3) is 0.0545. The monoisotopic (exact) mass is 726 g/mol. The predicted molar refractivity (Wildman–Crippen MR) is 238 cm³/mol. The second kappa shape index (κ2) is 12.4. The number of aromatic nitrogens is 1. The van der Waals surface area contributed by atoms with Crippen molar-refractivity contribution in [1.82, 2.24) is 4.57 Å². The van der Waals surface area contributed by atoms with E-state index in [1.165, 1.54) is 88.5 Å². The minimum atomic E-state index is -0.0780. The third-order valence-corrected chi connectivity index (χ3v) is 12.8. The van der Waals surface area contributed by atoms with E-state index >= 15 is 0 Å². The van der Waals surface area contributed by atoms with Gasteiger partial charge in [-0.25, -0.2) is 0 Å². The molecule has 2 nitrogen and oxygen atoms in total. The van der Waals surface area contributed by atoms with E-state index in [0.29, 0.717) is 0 Å². The Morgan fingerprint density at radius 1 is 0.386 bits per heavy atom. The van der Waals surface area contributed by atoms with Crippen LogP contribution in [0.4, 0.5) is 17.1 Å². The van der Waals surface area contributed by atoms with Crippen molar-refractivity contribution in [3.63, 3.8) is 0 Å². The summed E-state index contributed by atoms with van der Waals surface area (Å²) in [7, 11) is 0. The van der Waals surface area contributed by atoms with Crippen molar-refractivity contribution in [3.8, 4) is 27.9 Å². The molecule has 1 heterocycles. The zero-order valence-corrected chi connectivity index (χ0v) is 31.4. The molecule has 1 spiro atoms. The first-order chi connectivity index (χ1) is 28.2. The molecule has 12 rings (SSSR count). The summed E-state index contributed by atoms with van der Waals surface area (Å²) >= 11 is 0. The Bertz CT molecular complexity index is 3160. The maximum Gasteiger partial charge on any atom is 0.0547 e. The second-order valence-corrected chi connectivity index (χ2v) is 15.8. The highest BCUT2D eigenvalue weighted by molar-refractivity contribution is 6.10. The van der Waals surface area contributed by atoms with Gasteiger partial charge in [-0.3, -0.25) is 0 Å². The van der Waals surface area contributed by atoms with E-state index < -0.39 is 0 Å². The molecule has 2 aliphatic rings. The van der Waals surface area contributed by atoms with E-state index in [4.69, 9.17) is 0 Å². The molecular formula is C55H38N2. The van der Waals surface area contributed by atoms with Crippen LogP contribution in [0.15, 0.2) is 206 Å².